The maximum absolute atomic E-state index is 12.9. The van der Waals surface area contributed by atoms with E-state index >= 15 is 0 Å². The van der Waals surface area contributed by atoms with Gasteiger partial charge in [-0.2, -0.15) is 18.3 Å². The minimum absolute atomic E-state index is 0.0114. The van der Waals surface area contributed by atoms with E-state index in [1.807, 2.05) is 0 Å². The summed E-state index contributed by atoms with van der Waals surface area (Å²) in [7, 11) is 2.23. The van der Waals surface area contributed by atoms with Crippen LogP contribution < -0.4 is 5.43 Å². The van der Waals surface area contributed by atoms with E-state index in [9.17, 15) is 22.8 Å². The average Bonchev–Trinajstić information content (AvgIpc) is 2.57. The molecule has 2 rings (SSSR count). The number of hydrogen-bond donors (Lipinski definition) is 0. The van der Waals surface area contributed by atoms with Gasteiger partial charge >= 0.3 is 12.1 Å². The molecule has 0 bridgehead atoms. The smallest absolute Gasteiger partial charge is 0.433 e. The number of alkyl halides is 4. The standard InChI is InChI=1S/C16H12Cl3F3N2O3/c1-24-13(16(20,21)22)6-12(25)14(23-24)8-3-7(9(17)5-10(8)18)4-11(19)15(26)27-2/h3,5-6,11H,4H2,1-2H3. The van der Waals surface area contributed by atoms with Crippen molar-refractivity contribution >= 4 is 40.8 Å². The van der Waals surface area contributed by atoms with Crippen LogP contribution in [0, 0.1) is 0 Å². The number of aryl methyl sites for hydroxylation is 1. The zero-order valence-corrected chi connectivity index (χ0v) is 16.2. The van der Waals surface area contributed by atoms with Crippen LogP contribution in [-0.2, 0) is 29.2 Å². The topological polar surface area (TPSA) is 61.2 Å². The molecule has 11 heteroatoms. The summed E-state index contributed by atoms with van der Waals surface area (Å²) in [6, 6.07) is 3.10. The highest BCUT2D eigenvalue weighted by Gasteiger charge is 2.34. The second-order valence-corrected chi connectivity index (χ2v) is 6.82. The Balaban J connectivity index is 2.57. The van der Waals surface area contributed by atoms with E-state index in [2.05, 4.69) is 9.84 Å². The highest BCUT2D eigenvalue weighted by Crippen LogP contribution is 2.33. The van der Waals surface area contributed by atoms with Gasteiger partial charge in [-0.1, -0.05) is 23.2 Å². The third kappa shape index (κ3) is 4.75. The number of halogens is 6. The summed E-state index contributed by atoms with van der Waals surface area (Å²) in [4.78, 5) is 23.7. The van der Waals surface area contributed by atoms with Crippen LogP contribution in [0.2, 0.25) is 10.0 Å². The van der Waals surface area contributed by atoms with Crippen LogP contribution in [-0.4, -0.2) is 28.2 Å². The lowest BCUT2D eigenvalue weighted by Crippen LogP contribution is -2.23. The van der Waals surface area contributed by atoms with Crippen LogP contribution in [0.25, 0.3) is 11.3 Å². The van der Waals surface area contributed by atoms with Crippen molar-refractivity contribution in [3.8, 4) is 11.3 Å². The molecule has 0 saturated carbocycles. The van der Waals surface area contributed by atoms with Crippen LogP contribution in [0.1, 0.15) is 11.3 Å². The lowest BCUT2D eigenvalue weighted by molar-refractivity contribution is -0.144. The lowest BCUT2D eigenvalue weighted by atomic mass is 10.0. The van der Waals surface area contributed by atoms with E-state index in [-0.39, 0.29) is 27.7 Å². The van der Waals surface area contributed by atoms with E-state index in [0.29, 0.717) is 16.3 Å². The molecule has 0 aliphatic heterocycles. The zero-order valence-electron chi connectivity index (χ0n) is 13.9. The largest absolute Gasteiger partial charge is 0.468 e. The van der Waals surface area contributed by atoms with Crippen molar-refractivity contribution in [2.24, 2.45) is 7.05 Å². The summed E-state index contributed by atoms with van der Waals surface area (Å²) in [6.07, 6.45) is -4.78. The first kappa shape index (κ1) is 21.5. The first-order valence-electron chi connectivity index (χ1n) is 7.31. The molecule has 1 unspecified atom stereocenters. The fourth-order valence-electron chi connectivity index (χ4n) is 2.33. The van der Waals surface area contributed by atoms with Crippen molar-refractivity contribution in [1.82, 2.24) is 9.78 Å². The van der Waals surface area contributed by atoms with Gasteiger partial charge in [0.1, 0.15) is 16.8 Å². The van der Waals surface area contributed by atoms with E-state index in [4.69, 9.17) is 34.8 Å². The molecule has 1 atom stereocenters. The number of rotatable bonds is 4. The fraction of sp³-hybridized carbons (Fsp3) is 0.312. The molecule has 0 amide bonds. The van der Waals surface area contributed by atoms with Crippen molar-refractivity contribution in [3.05, 3.63) is 49.7 Å². The SMILES string of the molecule is COC(=O)C(Cl)Cc1cc(-c2nn(C)c(C(F)(F)F)cc2=O)c(Cl)cc1Cl. The monoisotopic (exact) mass is 442 g/mol. The maximum Gasteiger partial charge on any atom is 0.433 e. The molecule has 0 radical (unpaired) electrons. The van der Waals surface area contributed by atoms with Gasteiger partial charge < -0.3 is 4.74 Å². The quantitative estimate of drug-likeness (QED) is 0.527. The Kier molecular flexibility index (Phi) is 6.44. The van der Waals surface area contributed by atoms with Gasteiger partial charge in [0.15, 0.2) is 0 Å². The van der Waals surface area contributed by atoms with Crippen molar-refractivity contribution in [3.63, 3.8) is 0 Å². The fourth-order valence-corrected chi connectivity index (χ4v) is 3.13. The van der Waals surface area contributed by atoms with Gasteiger partial charge in [-0.25, -0.2) is 0 Å². The summed E-state index contributed by atoms with van der Waals surface area (Å²) < 4.78 is 43.8. The molecule has 27 heavy (non-hydrogen) atoms. The molecule has 1 heterocycles. The second-order valence-electron chi connectivity index (χ2n) is 5.48. The number of hydrogen-bond acceptors (Lipinski definition) is 4. The number of carbonyl (C=O) groups excluding carboxylic acids is 1. The summed E-state index contributed by atoms with van der Waals surface area (Å²) in [6.45, 7) is 0. The Morgan fingerprint density at radius 2 is 1.89 bits per heavy atom. The molecule has 0 aliphatic carbocycles. The molecule has 0 aliphatic rings. The first-order chi connectivity index (χ1) is 12.5. The van der Waals surface area contributed by atoms with E-state index in [0.717, 1.165) is 7.05 Å². The Morgan fingerprint density at radius 3 is 2.44 bits per heavy atom. The Morgan fingerprint density at radius 1 is 1.26 bits per heavy atom. The predicted molar refractivity (Wildman–Crippen MR) is 95.3 cm³/mol. The molecule has 0 saturated heterocycles. The van der Waals surface area contributed by atoms with Gasteiger partial charge in [-0.15, -0.1) is 11.6 Å². The van der Waals surface area contributed by atoms with Gasteiger partial charge in [-0.3, -0.25) is 14.3 Å². The summed E-state index contributed by atoms with van der Waals surface area (Å²) >= 11 is 18.1. The molecule has 5 nitrogen and oxygen atoms in total. The summed E-state index contributed by atoms with van der Waals surface area (Å²) in [5.41, 5.74) is -2.04. The number of methoxy groups -OCH3 is 1. The normalized spacial score (nSPS) is 12.7. The molecule has 0 spiro atoms. The van der Waals surface area contributed by atoms with E-state index in [1.165, 1.54) is 19.2 Å². The van der Waals surface area contributed by atoms with Crippen LogP contribution in [0.4, 0.5) is 13.2 Å². The van der Waals surface area contributed by atoms with Crippen molar-refractivity contribution in [2.75, 3.05) is 7.11 Å². The Hall–Kier alpha value is -1.77. The molecule has 0 N–H and O–H groups in total. The third-order valence-electron chi connectivity index (χ3n) is 3.64. The number of esters is 1. The van der Waals surface area contributed by atoms with Gasteiger partial charge in [0, 0.05) is 30.1 Å². The average molecular weight is 444 g/mol. The van der Waals surface area contributed by atoms with Gasteiger partial charge in [0.05, 0.1) is 12.1 Å². The number of nitrogens with zero attached hydrogens (tertiary/aromatic N) is 2. The van der Waals surface area contributed by atoms with Crippen molar-refractivity contribution < 1.29 is 22.7 Å². The van der Waals surface area contributed by atoms with Gasteiger partial charge in [0.2, 0.25) is 5.43 Å². The van der Waals surface area contributed by atoms with Gasteiger partial charge in [-0.05, 0) is 17.7 Å². The molecule has 1 aromatic heterocycles. The van der Waals surface area contributed by atoms with Crippen molar-refractivity contribution in [2.45, 2.75) is 18.0 Å². The molecule has 0 fully saturated rings. The number of aromatic nitrogens is 2. The van der Waals surface area contributed by atoms with Crippen LogP contribution in [0.3, 0.4) is 0 Å². The summed E-state index contributed by atoms with van der Waals surface area (Å²) in [5.74, 6) is -0.687. The van der Waals surface area contributed by atoms with Crippen LogP contribution in [0.5, 0.6) is 0 Å². The Bertz CT molecular complexity index is 945. The minimum atomic E-state index is -4.74. The predicted octanol–water partition coefficient (Wildman–Crippen LogP) is 4.10. The molecule has 1 aromatic carbocycles. The Labute approximate surface area is 166 Å². The van der Waals surface area contributed by atoms with Crippen molar-refractivity contribution in [1.29, 1.82) is 0 Å². The second kappa shape index (κ2) is 8.08. The number of benzene rings is 1. The first-order valence-corrected chi connectivity index (χ1v) is 8.50. The lowest BCUT2D eigenvalue weighted by Gasteiger charge is -2.14. The summed E-state index contributed by atoms with van der Waals surface area (Å²) in [5, 5.41) is 2.83. The molecule has 2 aromatic rings. The van der Waals surface area contributed by atoms with Crippen LogP contribution in [0.15, 0.2) is 23.0 Å². The zero-order chi connectivity index (χ0) is 20.5. The van der Waals surface area contributed by atoms with Crippen LogP contribution >= 0.6 is 34.8 Å². The van der Waals surface area contributed by atoms with E-state index in [1.54, 1.807) is 0 Å². The third-order valence-corrected chi connectivity index (χ3v) is 4.63. The highest BCUT2D eigenvalue weighted by atomic mass is 35.5. The molecular formula is C16H12Cl3F3N2O3. The van der Waals surface area contributed by atoms with E-state index < -0.39 is 28.6 Å². The molecular weight excluding hydrogens is 432 g/mol. The maximum atomic E-state index is 12.9. The van der Waals surface area contributed by atoms with Gasteiger partial charge in [0.25, 0.3) is 0 Å². The number of carbonyl (C=O) groups is 1. The number of ether oxygens (including phenoxy) is 1. The minimum Gasteiger partial charge on any atom is -0.468 e. The molecule has 146 valence electrons. The highest BCUT2D eigenvalue weighted by molar-refractivity contribution is 6.37.